The monoisotopic (exact) mass is 293 g/mol. The second kappa shape index (κ2) is 5.82. The molecule has 1 heterocycles. The number of fused-ring (bicyclic) bond motifs is 1. The van der Waals surface area contributed by atoms with Crippen molar-refractivity contribution in [3.8, 4) is 0 Å². The third-order valence-electron chi connectivity index (χ3n) is 4.71. The molecule has 5 heteroatoms. The van der Waals surface area contributed by atoms with E-state index in [2.05, 4.69) is 17.2 Å². The normalized spacial score (nSPS) is 29.2. The van der Waals surface area contributed by atoms with Crippen LogP contribution in [-0.2, 0) is 17.6 Å². The molecule has 1 unspecified atom stereocenters. The van der Waals surface area contributed by atoms with Crippen molar-refractivity contribution in [3.05, 3.63) is 10.6 Å². The van der Waals surface area contributed by atoms with Crippen molar-refractivity contribution in [2.75, 3.05) is 11.9 Å². The van der Waals surface area contributed by atoms with Gasteiger partial charge in [0.15, 0.2) is 5.13 Å². The van der Waals surface area contributed by atoms with Crippen LogP contribution in [0.4, 0.5) is 5.13 Å². The smallest absolute Gasteiger partial charge is 0.229 e. The molecule has 2 aliphatic carbocycles. The van der Waals surface area contributed by atoms with E-state index in [4.69, 9.17) is 5.73 Å². The predicted octanol–water partition coefficient (Wildman–Crippen LogP) is 2.58. The van der Waals surface area contributed by atoms with E-state index in [9.17, 15) is 4.79 Å². The average Bonchev–Trinajstić information content (AvgIpc) is 3.03. The van der Waals surface area contributed by atoms with Crippen LogP contribution in [0.25, 0.3) is 0 Å². The average molecular weight is 293 g/mol. The Labute approximate surface area is 124 Å². The zero-order chi connectivity index (χ0) is 14.1. The van der Waals surface area contributed by atoms with E-state index >= 15 is 0 Å². The Morgan fingerprint density at radius 3 is 3.10 bits per heavy atom. The van der Waals surface area contributed by atoms with Crippen LogP contribution in [0.2, 0.25) is 0 Å². The van der Waals surface area contributed by atoms with Gasteiger partial charge in [-0.25, -0.2) is 4.98 Å². The van der Waals surface area contributed by atoms with Crippen molar-refractivity contribution in [1.82, 2.24) is 4.98 Å². The number of nitrogens with two attached hydrogens (primary N) is 1. The van der Waals surface area contributed by atoms with Gasteiger partial charge in [0, 0.05) is 10.8 Å². The Hall–Kier alpha value is -0.940. The van der Waals surface area contributed by atoms with E-state index in [1.807, 2.05) is 0 Å². The van der Waals surface area contributed by atoms with Crippen LogP contribution in [0.1, 0.15) is 43.2 Å². The first-order chi connectivity index (χ1) is 9.67. The fraction of sp³-hybridized carbons (Fsp3) is 0.733. The van der Waals surface area contributed by atoms with Gasteiger partial charge in [-0.1, -0.05) is 13.3 Å². The largest absolute Gasteiger partial charge is 0.330 e. The van der Waals surface area contributed by atoms with Crippen molar-refractivity contribution in [2.24, 2.45) is 23.5 Å². The van der Waals surface area contributed by atoms with Crippen molar-refractivity contribution in [2.45, 2.75) is 45.4 Å². The highest BCUT2D eigenvalue weighted by molar-refractivity contribution is 7.15. The first-order valence-corrected chi connectivity index (χ1v) is 8.48. The number of thiazole rings is 1. The van der Waals surface area contributed by atoms with Gasteiger partial charge >= 0.3 is 0 Å². The number of rotatable bonds is 3. The minimum Gasteiger partial charge on any atom is -0.330 e. The number of nitrogens with one attached hydrogen (secondary N) is 1. The standard InChI is InChI=1S/C15H23N3OS/c1-9-5-6-12-13(7-9)20-15(17-12)18-14(19)11-4-2-3-10(11)8-16/h9-11H,2-8,16H2,1H3,(H,17,18,19)/t9?,10-,11-/m1/s1. The minimum absolute atomic E-state index is 0.0832. The molecular formula is C15H23N3OS. The van der Waals surface area contributed by atoms with E-state index in [-0.39, 0.29) is 11.8 Å². The number of carbonyl (C=O) groups excluding carboxylic acids is 1. The number of aryl methyl sites for hydroxylation is 1. The lowest BCUT2D eigenvalue weighted by Crippen LogP contribution is -2.29. The highest BCUT2D eigenvalue weighted by atomic mass is 32.1. The van der Waals surface area contributed by atoms with Crippen LogP contribution < -0.4 is 11.1 Å². The summed E-state index contributed by atoms with van der Waals surface area (Å²) in [5.41, 5.74) is 6.96. The molecule has 1 fully saturated rings. The maximum Gasteiger partial charge on any atom is 0.229 e. The molecule has 1 aromatic heterocycles. The molecule has 1 aromatic rings. The summed E-state index contributed by atoms with van der Waals surface area (Å²) in [5.74, 6) is 1.30. The van der Waals surface area contributed by atoms with Gasteiger partial charge < -0.3 is 11.1 Å². The lowest BCUT2D eigenvalue weighted by Gasteiger charge is -2.16. The number of hydrogen-bond donors (Lipinski definition) is 2. The molecule has 3 rings (SSSR count). The van der Waals surface area contributed by atoms with Crippen molar-refractivity contribution in [1.29, 1.82) is 0 Å². The Morgan fingerprint density at radius 1 is 1.45 bits per heavy atom. The minimum atomic E-state index is 0.0832. The summed E-state index contributed by atoms with van der Waals surface area (Å²) in [6.45, 7) is 2.90. The molecule has 110 valence electrons. The third kappa shape index (κ3) is 2.74. The summed E-state index contributed by atoms with van der Waals surface area (Å²) >= 11 is 1.66. The van der Waals surface area contributed by atoms with E-state index in [1.165, 1.54) is 17.0 Å². The Kier molecular flexibility index (Phi) is 4.08. The summed E-state index contributed by atoms with van der Waals surface area (Å²) in [5, 5.41) is 3.82. The van der Waals surface area contributed by atoms with Crippen molar-refractivity contribution in [3.63, 3.8) is 0 Å². The Balaban J connectivity index is 1.67. The number of hydrogen-bond acceptors (Lipinski definition) is 4. The first-order valence-electron chi connectivity index (χ1n) is 7.67. The molecule has 0 aromatic carbocycles. The SMILES string of the molecule is CC1CCc2nc(NC(=O)[C@@H]3CCC[C@@H]3CN)sc2C1. The van der Waals surface area contributed by atoms with Crippen LogP contribution in [0.5, 0.6) is 0 Å². The summed E-state index contributed by atoms with van der Waals surface area (Å²) in [4.78, 5) is 18.3. The zero-order valence-corrected chi connectivity index (χ0v) is 12.8. The summed E-state index contributed by atoms with van der Waals surface area (Å²) in [6.07, 6.45) is 6.54. The van der Waals surface area contributed by atoms with E-state index in [1.54, 1.807) is 11.3 Å². The molecule has 3 N–H and O–H groups in total. The molecule has 20 heavy (non-hydrogen) atoms. The van der Waals surface area contributed by atoms with Crippen LogP contribution in [0.15, 0.2) is 0 Å². The molecule has 0 spiro atoms. The highest BCUT2D eigenvalue weighted by Gasteiger charge is 2.32. The number of nitrogens with zero attached hydrogens (tertiary/aromatic N) is 1. The maximum absolute atomic E-state index is 12.4. The van der Waals surface area contributed by atoms with Crippen molar-refractivity contribution >= 4 is 22.4 Å². The van der Waals surface area contributed by atoms with Crippen LogP contribution >= 0.6 is 11.3 Å². The molecule has 1 amide bonds. The van der Waals surface area contributed by atoms with Crippen molar-refractivity contribution < 1.29 is 4.79 Å². The molecule has 1 saturated carbocycles. The lowest BCUT2D eigenvalue weighted by atomic mass is 9.93. The quantitative estimate of drug-likeness (QED) is 0.900. The molecule has 2 aliphatic rings. The van der Waals surface area contributed by atoms with Gasteiger partial charge in [-0.3, -0.25) is 4.79 Å². The topological polar surface area (TPSA) is 68.0 Å². The van der Waals surface area contributed by atoms with E-state index in [0.717, 1.165) is 43.2 Å². The maximum atomic E-state index is 12.4. The highest BCUT2D eigenvalue weighted by Crippen LogP contribution is 2.34. The number of anilines is 1. The van der Waals surface area contributed by atoms with Gasteiger partial charge in [0.1, 0.15) is 0 Å². The molecular weight excluding hydrogens is 270 g/mol. The Morgan fingerprint density at radius 2 is 2.30 bits per heavy atom. The first kappa shape index (κ1) is 14.0. The second-order valence-electron chi connectivity index (χ2n) is 6.26. The molecule has 0 aliphatic heterocycles. The molecule has 0 bridgehead atoms. The van der Waals surface area contributed by atoms with Gasteiger partial charge in [0.2, 0.25) is 5.91 Å². The fourth-order valence-electron chi connectivity index (χ4n) is 3.46. The van der Waals surface area contributed by atoms with Gasteiger partial charge in [-0.05, 0) is 50.5 Å². The molecule has 0 saturated heterocycles. The molecule has 0 radical (unpaired) electrons. The number of carbonyl (C=O) groups is 1. The summed E-state index contributed by atoms with van der Waals surface area (Å²) in [7, 11) is 0. The van der Waals surface area contributed by atoms with Crippen LogP contribution in [0.3, 0.4) is 0 Å². The van der Waals surface area contributed by atoms with Crippen LogP contribution in [-0.4, -0.2) is 17.4 Å². The van der Waals surface area contributed by atoms with Gasteiger partial charge in [0.05, 0.1) is 5.69 Å². The van der Waals surface area contributed by atoms with Gasteiger partial charge in [-0.2, -0.15) is 0 Å². The Bertz CT molecular complexity index is 499. The summed E-state index contributed by atoms with van der Waals surface area (Å²) < 4.78 is 0. The van der Waals surface area contributed by atoms with Crippen LogP contribution in [0, 0.1) is 17.8 Å². The van der Waals surface area contributed by atoms with E-state index in [0.29, 0.717) is 12.5 Å². The molecule has 3 atom stereocenters. The molecule has 4 nitrogen and oxygen atoms in total. The predicted molar refractivity (Wildman–Crippen MR) is 81.8 cm³/mol. The van der Waals surface area contributed by atoms with Gasteiger partial charge in [0.25, 0.3) is 0 Å². The van der Waals surface area contributed by atoms with E-state index < -0.39 is 0 Å². The lowest BCUT2D eigenvalue weighted by molar-refractivity contribution is -0.120. The third-order valence-corrected chi connectivity index (χ3v) is 5.75. The number of aromatic nitrogens is 1. The fourth-order valence-corrected chi connectivity index (χ4v) is 4.63. The summed E-state index contributed by atoms with van der Waals surface area (Å²) in [6, 6.07) is 0. The second-order valence-corrected chi connectivity index (χ2v) is 7.34. The zero-order valence-electron chi connectivity index (χ0n) is 12.0. The van der Waals surface area contributed by atoms with Gasteiger partial charge in [-0.15, -0.1) is 11.3 Å². The number of amides is 1.